The number of hydroxylamine groups is 1. The molecule has 0 bridgehead atoms. The number of hydrogen-bond donors (Lipinski definition) is 3. The Balaban J connectivity index is 0.000000394. The molecule has 0 saturated carbocycles. The number of rotatable bonds is 8. The average Bonchev–Trinajstić information content (AvgIpc) is 2.48. The van der Waals surface area contributed by atoms with Crippen molar-refractivity contribution >= 4 is 18.0 Å². The second kappa shape index (κ2) is 13.1. The van der Waals surface area contributed by atoms with Gasteiger partial charge in [0.2, 0.25) is 12.3 Å². The quantitative estimate of drug-likeness (QED) is 0.298. The van der Waals surface area contributed by atoms with E-state index in [1.807, 2.05) is 30.3 Å². The zero-order valence-corrected chi connectivity index (χ0v) is 12.8. The molecule has 1 aromatic carbocycles. The predicted octanol–water partition coefficient (Wildman–Crippen LogP) is 3.35. The highest BCUT2D eigenvalue weighted by atomic mass is 16.5. The number of nitrogens with one attached hydrogen (secondary N) is 2. The summed E-state index contributed by atoms with van der Waals surface area (Å²) in [5.41, 5.74) is 2.45. The van der Waals surface area contributed by atoms with Crippen LogP contribution in [-0.4, -0.2) is 17.5 Å². The van der Waals surface area contributed by atoms with E-state index < -0.39 is 0 Å². The summed E-state index contributed by atoms with van der Waals surface area (Å²) in [4.78, 5) is 20.4. The average molecular weight is 294 g/mol. The largest absolute Gasteiger partial charge is 0.329 e. The molecule has 0 saturated heterocycles. The summed E-state index contributed by atoms with van der Waals surface area (Å²) in [5.74, 6) is 0.469. The third-order valence-corrected chi connectivity index (χ3v) is 2.81. The van der Waals surface area contributed by atoms with Gasteiger partial charge in [0, 0.05) is 12.1 Å². The lowest BCUT2D eigenvalue weighted by atomic mass is 10.0. The van der Waals surface area contributed by atoms with E-state index in [-0.39, 0.29) is 5.91 Å². The molecule has 5 nitrogen and oxygen atoms in total. The summed E-state index contributed by atoms with van der Waals surface area (Å²) in [6.07, 6.45) is 5.45. The first kappa shape index (κ1) is 19.1. The summed E-state index contributed by atoms with van der Waals surface area (Å²) in [6.45, 7) is 4.39. The van der Waals surface area contributed by atoms with Crippen molar-refractivity contribution in [3.63, 3.8) is 0 Å². The maximum Gasteiger partial charge on any atom is 0.243 e. The van der Waals surface area contributed by atoms with Gasteiger partial charge >= 0.3 is 0 Å². The molecule has 21 heavy (non-hydrogen) atoms. The minimum absolute atomic E-state index is 0.278. The van der Waals surface area contributed by atoms with Gasteiger partial charge in [-0.1, -0.05) is 51.3 Å². The van der Waals surface area contributed by atoms with Crippen LogP contribution in [0.15, 0.2) is 30.3 Å². The van der Waals surface area contributed by atoms with E-state index >= 15 is 0 Å². The minimum Gasteiger partial charge on any atom is -0.329 e. The molecule has 118 valence electrons. The van der Waals surface area contributed by atoms with E-state index in [4.69, 9.17) is 5.21 Å². The SMILES string of the molecule is CC(C)CCCCCC(=O)NO.O=CNc1ccccc1. The first-order chi connectivity index (χ1) is 10.1. The van der Waals surface area contributed by atoms with Gasteiger partial charge in [0.05, 0.1) is 0 Å². The molecule has 0 atom stereocenters. The number of unbranched alkanes of at least 4 members (excludes halogenated alkanes) is 2. The van der Waals surface area contributed by atoms with Gasteiger partial charge in [-0.2, -0.15) is 0 Å². The van der Waals surface area contributed by atoms with Crippen molar-refractivity contribution in [2.75, 3.05) is 5.32 Å². The molecular weight excluding hydrogens is 268 g/mol. The Labute approximate surface area is 126 Å². The van der Waals surface area contributed by atoms with Gasteiger partial charge in [0.25, 0.3) is 0 Å². The molecule has 0 aromatic heterocycles. The normalized spacial score (nSPS) is 9.52. The highest BCUT2D eigenvalue weighted by molar-refractivity contribution is 5.74. The fourth-order valence-corrected chi connectivity index (χ4v) is 1.67. The van der Waals surface area contributed by atoms with Crippen LogP contribution in [-0.2, 0) is 9.59 Å². The fraction of sp³-hybridized carbons (Fsp3) is 0.500. The van der Waals surface area contributed by atoms with Crippen molar-refractivity contribution in [1.29, 1.82) is 0 Å². The van der Waals surface area contributed by atoms with Crippen molar-refractivity contribution in [1.82, 2.24) is 5.48 Å². The number of carbonyl (C=O) groups is 2. The Morgan fingerprint density at radius 3 is 2.38 bits per heavy atom. The van der Waals surface area contributed by atoms with Crippen LogP contribution in [0.5, 0.6) is 0 Å². The topological polar surface area (TPSA) is 78.4 Å². The van der Waals surface area contributed by atoms with Gasteiger partial charge in [-0.15, -0.1) is 0 Å². The molecule has 0 radical (unpaired) electrons. The first-order valence-corrected chi connectivity index (χ1v) is 7.28. The third kappa shape index (κ3) is 12.9. The summed E-state index contributed by atoms with van der Waals surface area (Å²) in [6, 6.07) is 9.29. The second-order valence-corrected chi connectivity index (χ2v) is 5.16. The summed E-state index contributed by atoms with van der Waals surface area (Å²) in [5, 5.41) is 10.7. The molecule has 2 amide bonds. The number of carbonyl (C=O) groups excluding carboxylic acids is 2. The molecule has 5 heteroatoms. The van der Waals surface area contributed by atoms with Gasteiger partial charge < -0.3 is 5.32 Å². The van der Waals surface area contributed by atoms with Crippen molar-refractivity contribution in [3.8, 4) is 0 Å². The van der Waals surface area contributed by atoms with Gasteiger partial charge in [0.15, 0.2) is 0 Å². The lowest BCUT2D eigenvalue weighted by molar-refractivity contribution is -0.129. The molecule has 1 aromatic rings. The van der Waals surface area contributed by atoms with Crippen molar-refractivity contribution in [3.05, 3.63) is 30.3 Å². The number of amides is 2. The highest BCUT2D eigenvalue weighted by Crippen LogP contribution is 2.09. The van der Waals surface area contributed by atoms with Gasteiger partial charge in [0.1, 0.15) is 0 Å². The maximum absolute atomic E-state index is 10.5. The number of benzene rings is 1. The monoisotopic (exact) mass is 294 g/mol. The molecular formula is C16H26N2O3. The lowest BCUT2D eigenvalue weighted by Gasteiger charge is -2.03. The van der Waals surface area contributed by atoms with Crippen molar-refractivity contribution < 1.29 is 14.8 Å². The molecule has 0 spiro atoms. The third-order valence-electron chi connectivity index (χ3n) is 2.81. The van der Waals surface area contributed by atoms with Crippen LogP contribution in [0.1, 0.15) is 46.0 Å². The van der Waals surface area contributed by atoms with E-state index in [9.17, 15) is 9.59 Å². The van der Waals surface area contributed by atoms with Crippen LogP contribution >= 0.6 is 0 Å². The van der Waals surface area contributed by atoms with Crippen LogP contribution in [0.4, 0.5) is 5.69 Å². The Morgan fingerprint density at radius 2 is 1.86 bits per heavy atom. The zero-order chi connectivity index (χ0) is 15.9. The zero-order valence-electron chi connectivity index (χ0n) is 12.8. The Hall–Kier alpha value is -1.88. The van der Waals surface area contributed by atoms with Crippen LogP contribution in [0.3, 0.4) is 0 Å². The molecule has 1 rings (SSSR count). The van der Waals surface area contributed by atoms with E-state index in [0.717, 1.165) is 24.4 Å². The Bertz CT molecular complexity index is 380. The van der Waals surface area contributed by atoms with E-state index in [1.165, 1.54) is 12.8 Å². The molecule has 3 N–H and O–H groups in total. The lowest BCUT2D eigenvalue weighted by Crippen LogP contribution is -2.17. The first-order valence-electron chi connectivity index (χ1n) is 7.28. The molecule has 0 fully saturated rings. The summed E-state index contributed by atoms with van der Waals surface area (Å²) >= 11 is 0. The highest BCUT2D eigenvalue weighted by Gasteiger charge is 1.98. The summed E-state index contributed by atoms with van der Waals surface area (Å²) < 4.78 is 0. The molecule has 0 unspecified atom stereocenters. The smallest absolute Gasteiger partial charge is 0.243 e. The van der Waals surface area contributed by atoms with Gasteiger partial charge in [-0.05, 0) is 24.5 Å². The minimum atomic E-state index is -0.278. The van der Waals surface area contributed by atoms with E-state index in [1.54, 1.807) is 5.48 Å². The molecule has 0 aliphatic heterocycles. The van der Waals surface area contributed by atoms with E-state index in [0.29, 0.717) is 12.8 Å². The molecule has 0 heterocycles. The predicted molar refractivity (Wildman–Crippen MR) is 84.0 cm³/mol. The van der Waals surface area contributed by atoms with E-state index in [2.05, 4.69) is 19.2 Å². The maximum atomic E-state index is 10.5. The number of para-hydroxylation sites is 1. The van der Waals surface area contributed by atoms with Gasteiger partial charge in [-0.3, -0.25) is 14.8 Å². The summed E-state index contributed by atoms with van der Waals surface area (Å²) in [7, 11) is 0. The second-order valence-electron chi connectivity index (χ2n) is 5.16. The van der Waals surface area contributed by atoms with Crippen molar-refractivity contribution in [2.45, 2.75) is 46.0 Å². The standard InChI is InChI=1S/C9H19NO2.C7H7NO/c1-8(2)6-4-3-5-7-9(11)10-12;9-6-8-7-4-2-1-3-5-7/h8,12H,3-7H2,1-2H3,(H,10,11);1-6H,(H,8,9). The molecule has 0 aliphatic carbocycles. The number of hydrogen-bond acceptors (Lipinski definition) is 3. The Morgan fingerprint density at radius 1 is 1.19 bits per heavy atom. The van der Waals surface area contributed by atoms with Crippen LogP contribution in [0.2, 0.25) is 0 Å². The van der Waals surface area contributed by atoms with Crippen LogP contribution < -0.4 is 10.8 Å². The van der Waals surface area contributed by atoms with Gasteiger partial charge in [-0.25, -0.2) is 5.48 Å². The fourth-order valence-electron chi connectivity index (χ4n) is 1.67. The number of anilines is 1. The van der Waals surface area contributed by atoms with Crippen LogP contribution in [0, 0.1) is 5.92 Å². The van der Waals surface area contributed by atoms with Crippen molar-refractivity contribution in [2.24, 2.45) is 5.92 Å². The Kier molecular flexibility index (Phi) is 11.9. The molecule has 0 aliphatic rings. The van der Waals surface area contributed by atoms with Crippen LogP contribution in [0.25, 0.3) is 0 Å².